The summed E-state index contributed by atoms with van der Waals surface area (Å²) in [6.45, 7) is 0. The van der Waals surface area contributed by atoms with E-state index < -0.39 is 0 Å². The lowest BCUT2D eigenvalue weighted by Crippen LogP contribution is -2.03. The minimum atomic E-state index is 0.458. The summed E-state index contributed by atoms with van der Waals surface area (Å²) in [6.07, 6.45) is 5.65. The lowest BCUT2D eigenvalue weighted by molar-refractivity contribution is 1.09. The van der Waals surface area contributed by atoms with E-state index in [1.54, 1.807) is 12.4 Å². The van der Waals surface area contributed by atoms with Gasteiger partial charge in [0.15, 0.2) is 11.0 Å². The molecular weight excluding hydrogens is 162 g/mol. The quantitative estimate of drug-likeness (QED) is 0.733. The molecule has 1 aromatic rings. The molecule has 0 bridgehead atoms. The molecule has 1 saturated carbocycles. The number of hydrogen-bond acceptors (Lipinski definition) is 3. The summed E-state index contributed by atoms with van der Waals surface area (Å²) in [6, 6.07) is 0.573. The zero-order chi connectivity index (χ0) is 7.68. The van der Waals surface area contributed by atoms with Crippen molar-refractivity contribution in [3.8, 4) is 0 Å². The van der Waals surface area contributed by atoms with Gasteiger partial charge in [-0.3, -0.25) is 0 Å². The molecule has 1 aromatic heterocycles. The van der Waals surface area contributed by atoms with Gasteiger partial charge in [-0.15, -0.1) is 0 Å². The minimum Gasteiger partial charge on any atom is -0.365 e. The van der Waals surface area contributed by atoms with Crippen molar-refractivity contribution in [1.29, 1.82) is 0 Å². The lowest BCUT2D eigenvalue weighted by Gasteiger charge is -2.02. The Kier molecular flexibility index (Phi) is 1.66. The molecule has 3 nitrogen and oxygen atoms in total. The Morgan fingerprint density at radius 2 is 2.09 bits per heavy atom. The molecule has 0 aromatic carbocycles. The number of rotatable bonds is 2. The fourth-order valence-corrected chi connectivity index (χ4v) is 0.999. The summed E-state index contributed by atoms with van der Waals surface area (Å²) in [5.41, 5.74) is 0. The summed E-state index contributed by atoms with van der Waals surface area (Å²) in [4.78, 5) is 7.95. The molecule has 1 aliphatic carbocycles. The molecule has 58 valence electrons. The molecule has 0 saturated heterocycles. The highest BCUT2D eigenvalue weighted by Crippen LogP contribution is 2.25. The van der Waals surface area contributed by atoms with Gasteiger partial charge in [-0.2, -0.15) is 0 Å². The van der Waals surface area contributed by atoms with Crippen LogP contribution in [0.3, 0.4) is 0 Å². The molecule has 2 rings (SSSR count). The molecule has 0 spiro atoms. The van der Waals surface area contributed by atoms with E-state index in [2.05, 4.69) is 15.3 Å². The molecule has 0 aliphatic heterocycles. The van der Waals surface area contributed by atoms with Crippen LogP contribution in [0.25, 0.3) is 0 Å². The molecule has 11 heavy (non-hydrogen) atoms. The first-order valence-corrected chi connectivity index (χ1v) is 3.97. The van der Waals surface area contributed by atoms with Gasteiger partial charge >= 0.3 is 0 Å². The fourth-order valence-electron chi connectivity index (χ4n) is 0.839. The molecule has 0 atom stereocenters. The average Bonchev–Trinajstić information content (AvgIpc) is 2.78. The van der Waals surface area contributed by atoms with E-state index in [4.69, 9.17) is 11.6 Å². The molecule has 0 amide bonds. The van der Waals surface area contributed by atoms with Crippen molar-refractivity contribution in [2.75, 3.05) is 5.32 Å². The Hall–Kier alpha value is -0.830. The first kappa shape index (κ1) is 6.85. The first-order valence-electron chi connectivity index (χ1n) is 3.59. The normalized spacial score (nSPS) is 16.5. The van der Waals surface area contributed by atoms with Crippen molar-refractivity contribution in [3.05, 3.63) is 17.5 Å². The van der Waals surface area contributed by atoms with Crippen molar-refractivity contribution in [2.24, 2.45) is 0 Å². The monoisotopic (exact) mass is 169 g/mol. The van der Waals surface area contributed by atoms with Gasteiger partial charge in [-0.1, -0.05) is 11.6 Å². The third-order valence-corrected chi connectivity index (χ3v) is 1.85. The third kappa shape index (κ3) is 1.60. The number of hydrogen-bond donors (Lipinski definition) is 1. The summed E-state index contributed by atoms with van der Waals surface area (Å²) < 4.78 is 0. The van der Waals surface area contributed by atoms with Gasteiger partial charge in [0.1, 0.15) is 0 Å². The predicted octanol–water partition coefficient (Wildman–Crippen LogP) is 1.70. The molecular formula is C7H8ClN3. The van der Waals surface area contributed by atoms with Crippen LogP contribution in [0.15, 0.2) is 12.4 Å². The zero-order valence-electron chi connectivity index (χ0n) is 5.92. The third-order valence-electron chi connectivity index (χ3n) is 1.57. The van der Waals surface area contributed by atoms with E-state index in [0.717, 1.165) is 0 Å². The van der Waals surface area contributed by atoms with Crippen molar-refractivity contribution in [3.63, 3.8) is 0 Å². The number of nitrogens with one attached hydrogen (secondary N) is 1. The Bertz CT molecular complexity index is 260. The summed E-state index contributed by atoms with van der Waals surface area (Å²) in [7, 11) is 0. The highest BCUT2D eigenvalue weighted by atomic mass is 35.5. The number of aromatic nitrogens is 2. The number of anilines is 1. The smallest absolute Gasteiger partial charge is 0.171 e. The van der Waals surface area contributed by atoms with Crippen LogP contribution in [0.4, 0.5) is 5.82 Å². The van der Waals surface area contributed by atoms with Crippen molar-refractivity contribution < 1.29 is 0 Å². The van der Waals surface area contributed by atoms with Crippen LogP contribution in [0.5, 0.6) is 0 Å². The second kappa shape index (κ2) is 2.66. The van der Waals surface area contributed by atoms with Crippen LogP contribution in [-0.4, -0.2) is 16.0 Å². The zero-order valence-corrected chi connectivity index (χ0v) is 6.67. The van der Waals surface area contributed by atoms with Gasteiger partial charge in [0.05, 0.1) is 0 Å². The second-order valence-electron chi connectivity index (χ2n) is 2.61. The van der Waals surface area contributed by atoms with Gasteiger partial charge in [0.25, 0.3) is 0 Å². The Labute approximate surface area is 69.8 Å². The number of nitrogens with zero attached hydrogens (tertiary/aromatic N) is 2. The molecule has 4 heteroatoms. The Balaban J connectivity index is 2.15. The van der Waals surface area contributed by atoms with Gasteiger partial charge in [-0.25, -0.2) is 9.97 Å². The van der Waals surface area contributed by atoms with Gasteiger partial charge in [-0.05, 0) is 12.8 Å². The Morgan fingerprint density at radius 1 is 1.36 bits per heavy atom. The lowest BCUT2D eigenvalue weighted by atomic mass is 10.6. The topological polar surface area (TPSA) is 37.8 Å². The second-order valence-corrected chi connectivity index (χ2v) is 2.97. The standard InChI is InChI=1S/C7H8ClN3/c8-6-7(10-4-3-9-6)11-5-1-2-5/h3-5H,1-2H2,(H,10,11). The molecule has 0 unspecified atom stereocenters. The maximum Gasteiger partial charge on any atom is 0.171 e. The van der Waals surface area contributed by atoms with E-state index in [0.29, 0.717) is 17.0 Å². The van der Waals surface area contributed by atoms with E-state index in [-0.39, 0.29) is 0 Å². The van der Waals surface area contributed by atoms with Crippen LogP contribution < -0.4 is 5.32 Å². The largest absolute Gasteiger partial charge is 0.365 e. The summed E-state index contributed by atoms with van der Waals surface area (Å²) >= 11 is 5.76. The molecule has 1 heterocycles. The average molecular weight is 170 g/mol. The summed E-state index contributed by atoms with van der Waals surface area (Å²) in [5.74, 6) is 0.705. The van der Waals surface area contributed by atoms with Crippen molar-refractivity contribution in [1.82, 2.24) is 9.97 Å². The molecule has 1 aliphatic rings. The van der Waals surface area contributed by atoms with Crippen LogP contribution in [0.2, 0.25) is 5.15 Å². The number of halogens is 1. The highest BCUT2D eigenvalue weighted by molar-refractivity contribution is 6.31. The van der Waals surface area contributed by atoms with E-state index in [9.17, 15) is 0 Å². The van der Waals surface area contributed by atoms with Crippen molar-refractivity contribution in [2.45, 2.75) is 18.9 Å². The van der Waals surface area contributed by atoms with E-state index in [1.165, 1.54) is 12.8 Å². The van der Waals surface area contributed by atoms with E-state index in [1.807, 2.05) is 0 Å². The molecule has 1 N–H and O–H groups in total. The van der Waals surface area contributed by atoms with Gasteiger partial charge in [0, 0.05) is 18.4 Å². The Morgan fingerprint density at radius 3 is 2.73 bits per heavy atom. The fraction of sp³-hybridized carbons (Fsp3) is 0.429. The maximum atomic E-state index is 5.76. The summed E-state index contributed by atoms with van der Waals surface area (Å²) in [5, 5.41) is 3.64. The highest BCUT2D eigenvalue weighted by Gasteiger charge is 2.22. The van der Waals surface area contributed by atoms with Gasteiger partial charge in [0.2, 0.25) is 0 Å². The SMILES string of the molecule is Clc1nccnc1NC1CC1. The predicted molar refractivity (Wildman–Crippen MR) is 43.7 cm³/mol. The minimum absolute atomic E-state index is 0.458. The molecule has 0 radical (unpaired) electrons. The van der Waals surface area contributed by atoms with Crippen LogP contribution in [-0.2, 0) is 0 Å². The van der Waals surface area contributed by atoms with Crippen molar-refractivity contribution >= 4 is 17.4 Å². The van der Waals surface area contributed by atoms with E-state index >= 15 is 0 Å². The van der Waals surface area contributed by atoms with Crippen LogP contribution in [0, 0.1) is 0 Å². The van der Waals surface area contributed by atoms with Crippen LogP contribution >= 0.6 is 11.6 Å². The van der Waals surface area contributed by atoms with Crippen LogP contribution in [0.1, 0.15) is 12.8 Å². The maximum absolute atomic E-state index is 5.76. The first-order chi connectivity index (χ1) is 5.36. The van der Waals surface area contributed by atoms with Gasteiger partial charge < -0.3 is 5.32 Å². The molecule has 1 fully saturated rings.